The quantitative estimate of drug-likeness (QED) is 0.0976. The molecular formula is C69H83BF2N4NaO18. The third-order valence-electron chi connectivity index (χ3n) is 19.3. The molecule has 0 bridgehead atoms. The maximum absolute atomic E-state index is 14.0. The molecule has 1 N–H and O–H groups in total. The molecule has 8 fully saturated rings. The molecule has 26 heteroatoms. The molecule has 0 spiro atoms. The van der Waals surface area contributed by atoms with Crippen LogP contribution in [0.4, 0.5) is 28.0 Å². The van der Waals surface area contributed by atoms with Gasteiger partial charge in [-0.25, -0.2) is 47.1 Å². The Bertz CT molecular complexity index is 2990. The monoisotopic (exact) mass is 1330 g/mol. The van der Waals surface area contributed by atoms with Crippen molar-refractivity contribution in [1.29, 1.82) is 0 Å². The number of esters is 4. The second-order valence-corrected chi connectivity index (χ2v) is 24.5. The van der Waals surface area contributed by atoms with Gasteiger partial charge < -0.3 is 44.4 Å². The summed E-state index contributed by atoms with van der Waals surface area (Å²) in [6.45, 7) is 3.49. The molecule has 4 aromatic rings. The third-order valence-corrected chi connectivity index (χ3v) is 19.3. The van der Waals surface area contributed by atoms with E-state index in [0.717, 1.165) is 22.3 Å². The molecule has 4 aliphatic heterocycles. The van der Waals surface area contributed by atoms with Gasteiger partial charge in [0, 0.05) is 70.6 Å². The fraction of sp³-hybridized carbons (Fsp3) is 0.522. The minimum absolute atomic E-state index is 0. The summed E-state index contributed by atoms with van der Waals surface area (Å²) in [7, 11) is 3.88. The van der Waals surface area contributed by atoms with Crippen LogP contribution in [-0.4, -0.2) is 184 Å². The predicted octanol–water partition coefficient (Wildman–Crippen LogP) is 5.56. The molecule has 4 saturated heterocycles. The average Bonchev–Trinajstić information content (AvgIpc) is 1.65. The first-order valence-electron chi connectivity index (χ1n) is 31.7. The summed E-state index contributed by atoms with van der Waals surface area (Å²) in [6, 6.07) is 34.4. The van der Waals surface area contributed by atoms with Crippen molar-refractivity contribution in [2.75, 3.05) is 54.1 Å². The Morgan fingerprint density at radius 1 is 0.421 bits per heavy atom. The van der Waals surface area contributed by atoms with Gasteiger partial charge in [-0.1, -0.05) is 121 Å². The van der Waals surface area contributed by atoms with E-state index in [9.17, 15) is 57.0 Å². The molecule has 0 aromatic heterocycles. The molecule has 4 saturated carbocycles. The van der Waals surface area contributed by atoms with Crippen LogP contribution in [0.1, 0.15) is 82.0 Å². The van der Waals surface area contributed by atoms with Crippen molar-refractivity contribution in [2.45, 2.75) is 127 Å². The number of fused-ring (bicyclic) bond motifs is 4. The number of rotatable bonds is 13. The Kier molecular flexibility index (Phi) is 27.9. The van der Waals surface area contributed by atoms with E-state index in [2.05, 4.69) is 0 Å². The van der Waals surface area contributed by atoms with Crippen LogP contribution in [0.3, 0.4) is 0 Å². The number of hydrogen-bond acceptors (Lipinski definition) is 18. The number of hydrogen-bond donors (Lipinski definition) is 1. The van der Waals surface area contributed by atoms with E-state index in [1.54, 1.807) is 6.92 Å². The molecule has 4 aromatic carbocycles. The summed E-state index contributed by atoms with van der Waals surface area (Å²) < 4.78 is 68.8. The fourth-order valence-corrected chi connectivity index (χ4v) is 14.7. The van der Waals surface area contributed by atoms with Crippen LogP contribution in [0, 0.1) is 47.3 Å². The first-order chi connectivity index (χ1) is 45.0. The van der Waals surface area contributed by atoms with Gasteiger partial charge in [0.1, 0.15) is 68.7 Å². The van der Waals surface area contributed by atoms with Gasteiger partial charge in [-0.3, -0.25) is 24.4 Å². The summed E-state index contributed by atoms with van der Waals surface area (Å²) in [5.41, 5.74) is 3.47. The Hall–Kier alpha value is -7.61. The largest absolute Gasteiger partial charge is 1.00 e. The number of benzene rings is 4. The van der Waals surface area contributed by atoms with Crippen molar-refractivity contribution in [3.8, 4) is 0 Å². The maximum atomic E-state index is 14.0. The van der Waals surface area contributed by atoms with E-state index < -0.39 is 90.9 Å². The molecule has 95 heavy (non-hydrogen) atoms. The predicted molar refractivity (Wildman–Crippen MR) is 334 cm³/mol. The standard InChI is InChI=1S/C18H21NO5.2C17H20FNO4.C17H21NO5.B.Na.H/c1-2-23-17(21)16-13-8-9-15(20)14(13)10-19(16)18(22)24-11-12-6-4-3-5-7-12;2*1-22-16(20)15-12-7-8-14(18)13(12)9-19(15)17(21)23-10-11-5-3-2-4-6-11;1-22-16(20)15-12-7-8-14(19)13(12)9-18(15)17(21)23-10-11-5-3-2-4-6-11;;;/h3-7,13-14,16H,2,8-11H2,1H3;2*2-6,12-15H,7-10H2,1H3;2-6,12-15,19H,7-10H2,1H3;;;/q;;;;;+1;-1/t13-,14-,16-;2*12-,13-,14-,15-;12-,13-,14+,15-;;;/m0000.../s1. The number of ether oxygens (including phenoxy) is 8. The van der Waals surface area contributed by atoms with E-state index in [4.69, 9.17) is 37.9 Å². The van der Waals surface area contributed by atoms with Gasteiger partial charge in [0.25, 0.3) is 0 Å². The summed E-state index contributed by atoms with van der Waals surface area (Å²) in [5, 5.41) is 10.0. The van der Waals surface area contributed by atoms with Crippen LogP contribution in [0.25, 0.3) is 0 Å². The van der Waals surface area contributed by atoms with Gasteiger partial charge in [-0.2, -0.15) is 0 Å². The molecule has 4 amide bonds. The van der Waals surface area contributed by atoms with Crippen molar-refractivity contribution in [1.82, 2.24) is 19.6 Å². The van der Waals surface area contributed by atoms with E-state index in [-0.39, 0.29) is 145 Å². The van der Waals surface area contributed by atoms with Crippen LogP contribution >= 0.6 is 0 Å². The first kappa shape index (κ1) is 74.8. The first-order valence-corrected chi connectivity index (χ1v) is 31.7. The summed E-state index contributed by atoms with van der Waals surface area (Å²) in [6.07, 6.45) is -0.177. The number of aliphatic hydroxyl groups excluding tert-OH is 1. The number of nitrogens with zero attached hydrogens (tertiary/aromatic N) is 4. The number of aliphatic hydroxyl groups is 1. The summed E-state index contributed by atoms with van der Waals surface area (Å²) in [5.74, 6) is -3.29. The average molecular weight is 1330 g/mol. The second-order valence-electron chi connectivity index (χ2n) is 24.5. The SMILES string of the molecule is CCOC(=O)[C@@H]1[C@H]2CCC(=O)[C@H]2CN1C(=O)OCc1ccccc1.COC(=O)[C@@H]1[C@H]2CC[C@@H](O)[C@H]2CN1C(=O)OCc1ccccc1.COC(=O)[C@@H]1[C@H]2CC[C@H](F)[C@H]2CN1C(=O)OCc1ccccc1.COC(=O)[C@@H]1[C@H]2CC[C@H](F)[C@H]2CN1C(=O)OCc1ccccc1.[B].[H-].[Na+]. The van der Waals surface area contributed by atoms with Crippen molar-refractivity contribution in [3.05, 3.63) is 144 Å². The Morgan fingerprint density at radius 3 is 1.06 bits per heavy atom. The zero-order valence-electron chi connectivity index (χ0n) is 55.2. The number of alkyl halides is 2. The van der Waals surface area contributed by atoms with Gasteiger partial charge in [-0.05, 0) is 91.9 Å². The summed E-state index contributed by atoms with van der Waals surface area (Å²) in [4.78, 5) is 116. The topological polar surface area (TPSA) is 261 Å². The van der Waals surface area contributed by atoms with Gasteiger partial charge >= 0.3 is 77.8 Å². The fourth-order valence-electron chi connectivity index (χ4n) is 14.7. The van der Waals surface area contributed by atoms with Gasteiger partial charge in [0.2, 0.25) is 0 Å². The molecule has 15 atom stereocenters. The van der Waals surface area contributed by atoms with Gasteiger partial charge in [0.15, 0.2) is 0 Å². The van der Waals surface area contributed by atoms with Gasteiger partial charge in [-0.15, -0.1) is 0 Å². The molecule has 8 aliphatic rings. The maximum Gasteiger partial charge on any atom is 1.00 e. The van der Waals surface area contributed by atoms with Crippen molar-refractivity contribution < 1.29 is 126 Å². The van der Waals surface area contributed by atoms with Crippen molar-refractivity contribution in [3.63, 3.8) is 0 Å². The van der Waals surface area contributed by atoms with Crippen LogP contribution in [0.15, 0.2) is 121 Å². The molecule has 12 rings (SSSR count). The summed E-state index contributed by atoms with van der Waals surface area (Å²) >= 11 is 0. The van der Waals surface area contributed by atoms with Crippen LogP contribution in [0.5, 0.6) is 0 Å². The molecule has 3 radical (unpaired) electrons. The Balaban J connectivity index is 0.000000200. The number of carbonyl (C=O) groups excluding carboxylic acids is 9. The normalized spacial score (nSPS) is 27.7. The van der Waals surface area contributed by atoms with Crippen LogP contribution in [0.2, 0.25) is 0 Å². The van der Waals surface area contributed by atoms with Gasteiger partial charge in [0.05, 0.1) is 34.0 Å². The van der Waals surface area contributed by atoms with Crippen molar-refractivity contribution >= 4 is 62.4 Å². The zero-order chi connectivity index (χ0) is 66.3. The van der Waals surface area contributed by atoms with Crippen LogP contribution in [-0.2, 0) is 88.3 Å². The minimum atomic E-state index is -0.973. The smallest absolute Gasteiger partial charge is 1.00 e. The number of likely N-dealkylation sites (tertiary alicyclic amines) is 4. The number of halogens is 2. The van der Waals surface area contributed by atoms with E-state index >= 15 is 0 Å². The third kappa shape index (κ3) is 17.9. The number of amides is 4. The number of ketones is 1. The number of carbonyl (C=O) groups is 9. The zero-order valence-corrected chi connectivity index (χ0v) is 56.2. The molecule has 22 nitrogen and oxygen atoms in total. The van der Waals surface area contributed by atoms with E-state index in [0.29, 0.717) is 57.9 Å². The number of Topliss-reactive ketones (excluding diaryl/α,β-unsaturated/α-hetero) is 1. The van der Waals surface area contributed by atoms with Crippen molar-refractivity contribution in [2.24, 2.45) is 47.3 Å². The molecule has 0 unspecified atom stereocenters. The minimum Gasteiger partial charge on any atom is -1.00 e. The van der Waals surface area contributed by atoms with E-state index in [1.807, 2.05) is 121 Å². The number of methoxy groups -OCH3 is 3. The Morgan fingerprint density at radius 2 is 0.726 bits per heavy atom. The molecular weight excluding hydrogens is 1240 g/mol. The van der Waals surface area contributed by atoms with Crippen LogP contribution < -0.4 is 29.6 Å². The second kappa shape index (κ2) is 35.4. The molecule has 505 valence electrons. The van der Waals surface area contributed by atoms with E-state index in [1.165, 1.54) is 40.9 Å². The molecule has 4 heterocycles. The molecule has 4 aliphatic carbocycles. The Labute approximate surface area is 577 Å².